The molecule has 5 nitrogen and oxygen atoms in total. The van der Waals surface area contributed by atoms with Gasteiger partial charge in [0.05, 0.1) is 22.4 Å². The average Bonchev–Trinajstić information content (AvgIpc) is 2.67. The van der Waals surface area contributed by atoms with Crippen LogP contribution < -0.4 is 5.73 Å². The summed E-state index contributed by atoms with van der Waals surface area (Å²) in [5, 5.41) is 0. The Morgan fingerprint density at radius 1 is 1.29 bits per heavy atom. The maximum absolute atomic E-state index is 6.27. The fourth-order valence-corrected chi connectivity index (χ4v) is 2.71. The molecule has 0 saturated heterocycles. The van der Waals surface area contributed by atoms with Crippen molar-refractivity contribution in [2.75, 3.05) is 26.7 Å². The van der Waals surface area contributed by atoms with E-state index in [9.17, 15) is 0 Å². The second-order valence-electron chi connectivity index (χ2n) is 5.55. The van der Waals surface area contributed by atoms with Crippen LogP contribution >= 0.6 is 0 Å². The van der Waals surface area contributed by atoms with Crippen LogP contribution in [0.15, 0.2) is 35.3 Å². The molecule has 0 unspecified atom stereocenters. The van der Waals surface area contributed by atoms with Gasteiger partial charge in [-0.05, 0) is 31.7 Å². The van der Waals surface area contributed by atoms with Gasteiger partial charge in [-0.3, -0.25) is 4.99 Å². The Morgan fingerprint density at radius 3 is 2.90 bits per heavy atom. The summed E-state index contributed by atoms with van der Waals surface area (Å²) < 4.78 is 2.03. The van der Waals surface area contributed by atoms with Crippen molar-refractivity contribution in [2.45, 2.75) is 6.42 Å². The third-order valence-electron chi connectivity index (χ3n) is 3.81. The zero-order valence-corrected chi connectivity index (χ0v) is 12.6. The summed E-state index contributed by atoms with van der Waals surface area (Å²) in [6.07, 6.45) is 3.06. The van der Waals surface area contributed by atoms with Crippen LogP contribution in [0.25, 0.3) is 16.7 Å². The van der Waals surface area contributed by atoms with Gasteiger partial charge in [0.25, 0.3) is 0 Å². The van der Waals surface area contributed by atoms with Crippen LogP contribution in [0.2, 0.25) is 0 Å². The van der Waals surface area contributed by atoms with Crippen LogP contribution in [0.3, 0.4) is 0 Å². The Bertz CT molecular complexity index is 711. The Kier molecular flexibility index (Phi) is 3.75. The van der Waals surface area contributed by atoms with E-state index in [1.165, 1.54) is 0 Å². The molecule has 2 heterocycles. The Labute approximate surface area is 124 Å². The van der Waals surface area contributed by atoms with Gasteiger partial charge in [-0.25, -0.2) is 4.98 Å². The summed E-state index contributed by atoms with van der Waals surface area (Å²) in [5.74, 6) is 0.797. The molecule has 0 radical (unpaired) electrons. The molecule has 3 rings (SSSR count). The molecule has 1 aromatic carbocycles. The highest BCUT2D eigenvalue weighted by Gasteiger charge is 2.12. The van der Waals surface area contributed by atoms with Gasteiger partial charge in [-0.1, -0.05) is 12.1 Å². The number of hydrogen-bond donors (Lipinski definition) is 1. The van der Waals surface area contributed by atoms with Gasteiger partial charge in [0.15, 0.2) is 5.82 Å². The summed E-state index contributed by atoms with van der Waals surface area (Å²) in [5.41, 5.74) is 10.0. The van der Waals surface area contributed by atoms with Crippen molar-refractivity contribution < 1.29 is 0 Å². The van der Waals surface area contributed by atoms with Gasteiger partial charge in [0.1, 0.15) is 0 Å². The average molecular weight is 283 g/mol. The molecule has 1 aromatic heterocycles. The van der Waals surface area contributed by atoms with Crippen molar-refractivity contribution in [2.24, 2.45) is 17.8 Å². The lowest BCUT2D eigenvalue weighted by Gasteiger charge is -2.12. The lowest BCUT2D eigenvalue weighted by molar-refractivity contribution is 0.385. The predicted octanol–water partition coefficient (Wildman–Crippen LogP) is 1.65. The van der Waals surface area contributed by atoms with E-state index in [1.807, 2.05) is 35.9 Å². The number of nitrogens with zero attached hydrogens (tertiary/aromatic N) is 4. The topological polar surface area (TPSA) is 59.4 Å². The molecule has 0 aliphatic carbocycles. The normalized spacial score (nSPS) is 17.8. The molecule has 0 saturated carbocycles. The van der Waals surface area contributed by atoms with Crippen molar-refractivity contribution in [1.29, 1.82) is 0 Å². The van der Waals surface area contributed by atoms with Gasteiger partial charge in [-0.15, -0.1) is 0 Å². The monoisotopic (exact) mass is 283 g/mol. The molecule has 2 aromatic rings. The van der Waals surface area contributed by atoms with E-state index in [-0.39, 0.29) is 0 Å². The van der Waals surface area contributed by atoms with Crippen LogP contribution in [0.4, 0.5) is 0 Å². The molecule has 0 atom stereocenters. The summed E-state index contributed by atoms with van der Waals surface area (Å²) in [4.78, 5) is 11.5. The first-order chi connectivity index (χ1) is 10.1. The van der Waals surface area contributed by atoms with Crippen LogP contribution in [0, 0.1) is 0 Å². The standard InChI is InChI=1S/C16H21N5/c1-20-9-5-8-18-12(11-20)10-13(17)16-19-14-6-3-4-7-15(14)21(16)2/h3-4,6-7,10H,5,8-9,11,17H2,1-2H3/b13-10-. The third-order valence-corrected chi connectivity index (χ3v) is 3.81. The number of nitrogens with two attached hydrogens (primary N) is 1. The summed E-state index contributed by atoms with van der Waals surface area (Å²) in [7, 11) is 4.10. The van der Waals surface area contributed by atoms with Crippen molar-refractivity contribution in [1.82, 2.24) is 14.5 Å². The van der Waals surface area contributed by atoms with Gasteiger partial charge in [0.2, 0.25) is 0 Å². The Morgan fingerprint density at radius 2 is 2.10 bits per heavy atom. The van der Waals surface area contributed by atoms with Crippen molar-refractivity contribution in [3.8, 4) is 0 Å². The highest BCUT2D eigenvalue weighted by atomic mass is 15.1. The van der Waals surface area contributed by atoms with Crippen LogP contribution in [-0.2, 0) is 7.05 Å². The first kappa shape index (κ1) is 13.8. The van der Waals surface area contributed by atoms with Crippen molar-refractivity contribution in [3.05, 3.63) is 36.2 Å². The number of para-hydroxylation sites is 2. The van der Waals surface area contributed by atoms with E-state index in [0.717, 1.165) is 48.6 Å². The zero-order valence-electron chi connectivity index (χ0n) is 12.6. The smallest absolute Gasteiger partial charge is 0.156 e. The number of rotatable bonds is 2. The van der Waals surface area contributed by atoms with E-state index in [0.29, 0.717) is 5.70 Å². The number of hydrogen-bond acceptors (Lipinski definition) is 4. The number of benzene rings is 1. The van der Waals surface area contributed by atoms with Crippen LogP contribution in [-0.4, -0.2) is 46.8 Å². The fourth-order valence-electron chi connectivity index (χ4n) is 2.71. The number of fused-ring (bicyclic) bond motifs is 1. The minimum Gasteiger partial charge on any atom is -0.396 e. The second kappa shape index (κ2) is 5.69. The molecule has 5 heteroatoms. The minimum atomic E-state index is 0.669. The quantitative estimate of drug-likeness (QED) is 0.911. The van der Waals surface area contributed by atoms with E-state index in [2.05, 4.69) is 28.0 Å². The van der Waals surface area contributed by atoms with E-state index < -0.39 is 0 Å². The maximum Gasteiger partial charge on any atom is 0.156 e. The molecular formula is C16H21N5. The molecule has 1 aliphatic rings. The van der Waals surface area contributed by atoms with Crippen LogP contribution in [0.5, 0.6) is 0 Å². The number of aromatic nitrogens is 2. The zero-order chi connectivity index (χ0) is 14.8. The highest BCUT2D eigenvalue weighted by Crippen LogP contribution is 2.17. The molecule has 0 amide bonds. The summed E-state index contributed by atoms with van der Waals surface area (Å²) in [6, 6.07) is 8.06. The number of aryl methyl sites for hydroxylation is 1. The van der Waals surface area contributed by atoms with E-state index >= 15 is 0 Å². The van der Waals surface area contributed by atoms with Gasteiger partial charge in [-0.2, -0.15) is 0 Å². The maximum atomic E-state index is 6.27. The molecule has 21 heavy (non-hydrogen) atoms. The second-order valence-corrected chi connectivity index (χ2v) is 5.55. The predicted molar refractivity (Wildman–Crippen MR) is 87.3 cm³/mol. The lowest BCUT2D eigenvalue weighted by Crippen LogP contribution is -2.24. The molecule has 1 aliphatic heterocycles. The Hall–Kier alpha value is -2.14. The lowest BCUT2D eigenvalue weighted by atomic mass is 10.2. The molecule has 0 bridgehead atoms. The van der Waals surface area contributed by atoms with Crippen molar-refractivity contribution in [3.63, 3.8) is 0 Å². The number of aliphatic imine (C=N–C) groups is 1. The van der Waals surface area contributed by atoms with Crippen molar-refractivity contribution >= 4 is 22.4 Å². The Balaban J connectivity index is 1.96. The largest absolute Gasteiger partial charge is 0.396 e. The first-order valence-corrected chi connectivity index (χ1v) is 7.26. The van der Waals surface area contributed by atoms with Gasteiger partial charge >= 0.3 is 0 Å². The highest BCUT2D eigenvalue weighted by molar-refractivity contribution is 6.01. The molecular weight excluding hydrogens is 262 g/mol. The van der Waals surface area contributed by atoms with E-state index in [4.69, 9.17) is 5.73 Å². The number of imidazole rings is 1. The molecule has 0 fully saturated rings. The van der Waals surface area contributed by atoms with Crippen LogP contribution in [0.1, 0.15) is 12.2 Å². The SMILES string of the molecule is CN1CCCN=C(/C=C(\N)c2nc3ccccc3n2C)C1. The van der Waals surface area contributed by atoms with Gasteiger partial charge < -0.3 is 15.2 Å². The first-order valence-electron chi connectivity index (χ1n) is 7.26. The van der Waals surface area contributed by atoms with E-state index in [1.54, 1.807) is 0 Å². The summed E-state index contributed by atoms with van der Waals surface area (Å²) >= 11 is 0. The molecule has 2 N–H and O–H groups in total. The molecule has 0 spiro atoms. The molecule has 110 valence electrons. The minimum absolute atomic E-state index is 0.669. The fraction of sp³-hybridized carbons (Fsp3) is 0.375. The third kappa shape index (κ3) is 2.83. The van der Waals surface area contributed by atoms with Gasteiger partial charge in [0, 0.05) is 26.7 Å². The summed E-state index contributed by atoms with van der Waals surface area (Å²) in [6.45, 7) is 2.78.